The number of carbonyl (C=O) groups is 1. The molecule has 0 radical (unpaired) electrons. The van der Waals surface area contributed by atoms with E-state index in [1.54, 1.807) is 37.5 Å². The third-order valence-corrected chi connectivity index (χ3v) is 7.79. The van der Waals surface area contributed by atoms with Crippen LogP contribution in [0.1, 0.15) is 60.0 Å². The van der Waals surface area contributed by atoms with E-state index in [1.165, 1.54) is 44.1 Å². The molecule has 0 aliphatic heterocycles. The third kappa shape index (κ3) is 4.17. The minimum absolute atomic E-state index is 0.190. The van der Waals surface area contributed by atoms with Crippen molar-refractivity contribution >= 4 is 17.5 Å². The zero-order chi connectivity index (χ0) is 23.0. The fourth-order valence-corrected chi connectivity index (χ4v) is 6.82. The van der Waals surface area contributed by atoms with Gasteiger partial charge in [-0.25, -0.2) is 9.79 Å². The van der Waals surface area contributed by atoms with E-state index in [4.69, 9.17) is 15.2 Å². The molecule has 4 aliphatic rings. The van der Waals surface area contributed by atoms with E-state index < -0.39 is 0 Å². The van der Waals surface area contributed by atoms with E-state index in [0.717, 1.165) is 29.1 Å². The quantitative estimate of drug-likeness (QED) is 0.263. The van der Waals surface area contributed by atoms with E-state index >= 15 is 0 Å². The van der Waals surface area contributed by atoms with Crippen LogP contribution in [-0.4, -0.2) is 25.5 Å². The summed E-state index contributed by atoms with van der Waals surface area (Å²) in [6, 6.07) is 13.2. The molecule has 0 heterocycles. The Bertz CT molecular complexity index is 1050. The number of rotatable bonds is 7. The first-order valence-corrected chi connectivity index (χ1v) is 11.9. The summed E-state index contributed by atoms with van der Waals surface area (Å²) < 4.78 is 10.9. The molecule has 0 aromatic heterocycles. The maximum Gasteiger partial charge on any atom is 0.338 e. The summed E-state index contributed by atoms with van der Waals surface area (Å²) in [5, 5.41) is 0. The van der Waals surface area contributed by atoms with Crippen LogP contribution in [0.4, 0.5) is 5.69 Å². The van der Waals surface area contributed by atoms with Crippen LogP contribution in [-0.2, 0) is 10.2 Å². The predicted molar refractivity (Wildman–Crippen MR) is 130 cm³/mol. The molecule has 0 unspecified atom stereocenters. The average molecular weight is 445 g/mol. The number of aliphatic imine (C=N–C) groups is 1. The van der Waals surface area contributed by atoms with Crippen molar-refractivity contribution in [3.63, 3.8) is 0 Å². The Labute approximate surface area is 195 Å². The van der Waals surface area contributed by atoms with Crippen LogP contribution >= 0.6 is 0 Å². The summed E-state index contributed by atoms with van der Waals surface area (Å²) in [6.07, 6.45) is 9.55. The summed E-state index contributed by atoms with van der Waals surface area (Å²) in [5.74, 6) is 3.61. The first-order valence-electron chi connectivity index (χ1n) is 11.9. The molecule has 4 saturated carbocycles. The number of hydrogen-bond acceptors (Lipinski definition) is 4. The molecular weight excluding hydrogens is 412 g/mol. The van der Waals surface area contributed by atoms with E-state index in [9.17, 15) is 4.79 Å². The van der Waals surface area contributed by atoms with Crippen molar-refractivity contribution in [2.75, 3.05) is 13.7 Å². The van der Waals surface area contributed by atoms with Gasteiger partial charge in [-0.05, 0) is 104 Å². The SMILES string of the molecule is C=CCOC(=O)c1ccc(N=C(N)c2ccc(OC)c(C34CC5CC(CC(C5)C3)C4)c2)cc1. The predicted octanol–water partition coefficient (Wildman–Crippen LogP) is 5.54. The second kappa shape index (κ2) is 8.69. The highest BCUT2D eigenvalue weighted by Crippen LogP contribution is 2.61. The lowest BCUT2D eigenvalue weighted by Gasteiger charge is -2.57. The molecule has 4 bridgehead atoms. The van der Waals surface area contributed by atoms with Crippen LogP contribution in [0.2, 0.25) is 0 Å². The van der Waals surface area contributed by atoms with Crippen molar-refractivity contribution < 1.29 is 14.3 Å². The number of nitrogens with two attached hydrogens (primary N) is 1. The smallest absolute Gasteiger partial charge is 0.338 e. The zero-order valence-electron chi connectivity index (χ0n) is 19.3. The largest absolute Gasteiger partial charge is 0.496 e. The Hall–Kier alpha value is -3.08. The van der Waals surface area contributed by atoms with E-state index in [0.29, 0.717) is 17.1 Å². The molecule has 0 spiro atoms. The molecule has 0 amide bonds. The maximum absolute atomic E-state index is 12.0. The van der Waals surface area contributed by atoms with Gasteiger partial charge in [0, 0.05) is 11.1 Å². The number of ether oxygens (including phenoxy) is 2. The summed E-state index contributed by atoms with van der Waals surface area (Å²) >= 11 is 0. The van der Waals surface area contributed by atoms with Gasteiger partial charge >= 0.3 is 5.97 Å². The number of methoxy groups -OCH3 is 1. The van der Waals surface area contributed by atoms with E-state index in [2.05, 4.69) is 17.6 Å². The molecule has 2 aromatic carbocycles. The van der Waals surface area contributed by atoms with Gasteiger partial charge in [0.25, 0.3) is 0 Å². The zero-order valence-corrected chi connectivity index (χ0v) is 19.3. The van der Waals surface area contributed by atoms with Crippen molar-refractivity contribution in [1.82, 2.24) is 0 Å². The Kier molecular flexibility index (Phi) is 5.73. The first kappa shape index (κ1) is 21.7. The van der Waals surface area contributed by atoms with E-state index in [1.807, 2.05) is 12.1 Å². The van der Waals surface area contributed by atoms with Gasteiger partial charge in [0.2, 0.25) is 0 Å². The standard InChI is InChI=1S/C28H32N2O3/c1-3-10-33-27(31)21-4-7-23(8-5-21)30-26(29)22-6-9-25(32-2)24(14-22)28-15-18-11-19(16-28)13-20(12-18)17-28/h3-9,14,18-20H,1,10-13,15-17H2,2H3,(H2,29,30). The van der Waals surface area contributed by atoms with Crippen LogP contribution in [0, 0.1) is 17.8 Å². The molecule has 0 atom stereocenters. The van der Waals surface area contributed by atoms with Crippen LogP contribution in [0.3, 0.4) is 0 Å². The van der Waals surface area contributed by atoms with Crippen molar-refractivity contribution in [2.45, 2.75) is 43.9 Å². The van der Waals surface area contributed by atoms with Crippen LogP contribution in [0.15, 0.2) is 60.1 Å². The van der Waals surface area contributed by atoms with Gasteiger partial charge in [0.05, 0.1) is 18.4 Å². The molecule has 0 saturated heterocycles. The fourth-order valence-electron chi connectivity index (χ4n) is 6.82. The lowest BCUT2D eigenvalue weighted by molar-refractivity contribution is -0.00616. The second-order valence-corrected chi connectivity index (χ2v) is 10.0. The van der Waals surface area contributed by atoms with E-state index in [-0.39, 0.29) is 18.0 Å². The summed E-state index contributed by atoms with van der Waals surface area (Å²) in [4.78, 5) is 16.6. The Morgan fingerprint density at radius 1 is 1.06 bits per heavy atom. The van der Waals surface area contributed by atoms with Gasteiger partial charge in [0.1, 0.15) is 18.2 Å². The fraction of sp³-hybridized carbons (Fsp3) is 0.429. The molecule has 172 valence electrons. The van der Waals surface area contributed by atoms with Crippen LogP contribution in [0.5, 0.6) is 5.75 Å². The maximum atomic E-state index is 12.0. The number of carbonyl (C=O) groups excluding carboxylic acids is 1. The van der Waals surface area contributed by atoms with Crippen molar-refractivity contribution in [3.8, 4) is 5.75 Å². The normalized spacial score (nSPS) is 27.9. The average Bonchev–Trinajstić information content (AvgIpc) is 2.81. The van der Waals surface area contributed by atoms with Gasteiger partial charge < -0.3 is 15.2 Å². The molecule has 5 heteroatoms. The van der Waals surface area contributed by atoms with Gasteiger partial charge in [-0.3, -0.25) is 0 Å². The minimum atomic E-state index is -0.381. The molecule has 5 nitrogen and oxygen atoms in total. The molecule has 2 aromatic rings. The molecule has 6 rings (SSSR count). The Morgan fingerprint density at radius 3 is 2.24 bits per heavy atom. The van der Waals surface area contributed by atoms with Crippen molar-refractivity contribution in [3.05, 3.63) is 71.8 Å². The number of nitrogens with zero attached hydrogens (tertiary/aromatic N) is 1. The molecule has 4 fully saturated rings. The monoisotopic (exact) mass is 444 g/mol. The summed E-state index contributed by atoms with van der Waals surface area (Å²) in [6.45, 7) is 3.74. The molecule has 2 N–H and O–H groups in total. The lowest BCUT2D eigenvalue weighted by Crippen LogP contribution is -2.48. The molecular formula is C28H32N2O3. The number of esters is 1. The van der Waals surface area contributed by atoms with Gasteiger partial charge in [0.15, 0.2) is 0 Å². The van der Waals surface area contributed by atoms with Crippen molar-refractivity contribution in [1.29, 1.82) is 0 Å². The van der Waals surface area contributed by atoms with Gasteiger partial charge in [-0.1, -0.05) is 12.7 Å². The minimum Gasteiger partial charge on any atom is -0.496 e. The van der Waals surface area contributed by atoms with Gasteiger partial charge in [-0.2, -0.15) is 0 Å². The third-order valence-electron chi connectivity index (χ3n) is 7.79. The summed E-state index contributed by atoms with van der Waals surface area (Å²) in [5.41, 5.74) is 10.0. The van der Waals surface area contributed by atoms with Crippen LogP contribution in [0.25, 0.3) is 0 Å². The highest BCUT2D eigenvalue weighted by Gasteiger charge is 2.52. The number of benzene rings is 2. The Morgan fingerprint density at radius 2 is 1.67 bits per heavy atom. The molecule has 4 aliphatic carbocycles. The lowest BCUT2D eigenvalue weighted by atomic mass is 9.48. The van der Waals surface area contributed by atoms with Gasteiger partial charge in [-0.15, -0.1) is 0 Å². The first-order chi connectivity index (χ1) is 16.0. The topological polar surface area (TPSA) is 73.9 Å². The highest BCUT2D eigenvalue weighted by atomic mass is 16.5. The number of amidine groups is 1. The second-order valence-electron chi connectivity index (χ2n) is 10.0. The number of hydrogen-bond donors (Lipinski definition) is 1. The Balaban J connectivity index is 1.41. The highest BCUT2D eigenvalue weighted by molar-refractivity contribution is 5.99. The molecule has 33 heavy (non-hydrogen) atoms. The van der Waals surface area contributed by atoms with Crippen molar-refractivity contribution in [2.24, 2.45) is 28.5 Å². The van der Waals surface area contributed by atoms with Crippen LogP contribution < -0.4 is 10.5 Å². The summed E-state index contributed by atoms with van der Waals surface area (Å²) in [7, 11) is 1.76.